The number of morpholine rings is 2. The molecule has 94 valence electrons. The number of likely N-dealkylation sites (N-methyl/N-ethyl adjacent to an activating group) is 1. The van der Waals surface area contributed by atoms with E-state index in [0.717, 1.165) is 45.9 Å². The molecule has 2 rings (SSSR count). The second kappa shape index (κ2) is 5.93. The zero-order chi connectivity index (χ0) is 11.4. The Morgan fingerprint density at radius 1 is 1.12 bits per heavy atom. The molecule has 0 aromatic carbocycles. The van der Waals surface area contributed by atoms with E-state index in [0.29, 0.717) is 12.6 Å². The van der Waals surface area contributed by atoms with Crippen LogP contribution in [0, 0.1) is 0 Å². The summed E-state index contributed by atoms with van der Waals surface area (Å²) in [5.74, 6) is 0. The first-order valence-corrected chi connectivity index (χ1v) is 6.12. The summed E-state index contributed by atoms with van der Waals surface area (Å²) in [5.41, 5.74) is 5.63. The van der Waals surface area contributed by atoms with Gasteiger partial charge < -0.3 is 20.1 Å². The first-order valence-electron chi connectivity index (χ1n) is 6.12. The molecule has 2 aliphatic heterocycles. The van der Waals surface area contributed by atoms with E-state index in [-0.39, 0.29) is 6.10 Å². The lowest BCUT2D eigenvalue weighted by Crippen LogP contribution is -2.51. The smallest absolute Gasteiger partial charge is 0.0829 e. The summed E-state index contributed by atoms with van der Waals surface area (Å²) in [4.78, 5) is 4.74. The molecule has 0 bridgehead atoms. The third-order valence-electron chi connectivity index (χ3n) is 3.29. The Hall–Kier alpha value is -0.200. The van der Waals surface area contributed by atoms with Gasteiger partial charge in [-0.3, -0.25) is 4.90 Å². The van der Waals surface area contributed by atoms with Crippen molar-refractivity contribution in [1.82, 2.24) is 9.80 Å². The van der Waals surface area contributed by atoms with E-state index in [4.69, 9.17) is 15.2 Å². The van der Waals surface area contributed by atoms with Gasteiger partial charge in [0, 0.05) is 39.3 Å². The van der Waals surface area contributed by atoms with Crippen LogP contribution in [0.3, 0.4) is 0 Å². The van der Waals surface area contributed by atoms with Crippen LogP contribution in [0.4, 0.5) is 0 Å². The zero-order valence-corrected chi connectivity index (χ0v) is 10.1. The van der Waals surface area contributed by atoms with Gasteiger partial charge in [-0.1, -0.05) is 0 Å². The van der Waals surface area contributed by atoms with Crippen molar-refractivity contribution in [2.24, 2.45) is 5.73 Å². The summed E-state index contributed by atoms with van der Waals surface area (Å²) >= 11 is 0. The highest BCUT2D eigenvalue weighted by Crippen LogP contribution is 2.09. The molecule has 5 heteroatoms. The number of hydrogen-bond acceptors (Lipinski definition) is 5. The zero-order valence-electron chi connectivity index (χ0n) is 10.1. The Kier molecular flexibility index (Phi) is 4.55. The van der Waals surface area contributed by atoms with Gasteiger partial charge in [0.2, 0.25) is 0 Å². The summed E-state index contributed by atoms with van der Waals surface area (Å²) in [7, 11) is 2.15. The maximum absolute atomic E-state index is 5.76. The fraction of sp³-hybridized carbons (Fsp3) is 1.00. The van der Waals surface area contributed by atoms with Crippen LogP contribution in [0.1, 0.15) is 0 Å². The minimum absolute atomic E-state index is 0.204. The van der Waals surface area contributed by atoms with E-state index in [2.05, 4.69) is 16.8 Å². The van der Waals surface area contributed by atoms with Gasteiger partial charge in [0.25, 0.3) is 0 Å². The highest BCUT2D eigenvalue weighted by atomic mass is 16.5. The van der Waals surface area contributed by atoms with Crippen LogP contribution < -0.4 is 5.73 Å². The Morgan fingerprint density at radius 2 is 1.88 bits per heavy atom. The molecule has 0 spiro atoms. The number of nitrogens with two attached hydrogens (primary N) is 1. The van der Waals surface area contributed by atoms with Crippen molar-refractivity contribution < 1.29 is 9.47 Å². The Bertz CT molecular complexity index is 215. The molecular formula is C11H23N3O2. The lowest BCUT2D eigenvalue weighted by Gasteiger charge is -2.37. The van der Waals surface area contributed by atoms with Gasteiger partial charge in [-0.05, 0) is 7.05 Å². The van der Waals surface area contributed by atoms with Gasteiger partial charge in [-0.2, -0.15) is 0 Å². The average molecular weight is 229 g/mol. The van der Waals surface area contributed by atoms with Gasteiger partial charge in [-0.15, -0.1) is 0 Å². The molecule has 2 heterocycles. The lowest BCUT2D eigenvalue weighted by atomic mass is 10.2. The van der Waals surface area contributed by atoms with E-state index < -0.39 is 0 Å². The van der Waals surface area contributed by atoms with Crippen molar-refractivity contribution in [2.45, 2.75) is 12.2 Å². The van der Waals surface area contributed by atoms with Gasteiger partial charge >= 0.3 is 0 Å². The summed E-state index contributed by atoms with van der Waals surface area (Å²) < 4.78 is 11.3. The Morgan fingerprint density at radius 3 is 2.62 bits per heavy atom. The molecule has 0 aromatic rings. The topological polar surface area (TPSA) is 51.0 Å². The van der Waals surface area contributed by atoms with Crippen molar-refractivity contribution in [3.8, 4) is 0 Å². The molecule has 0 saturated carbocycles. The molecule has 2 aliphatic rings. The van der Waals surface area contributed by atoms with Crippen LogP contribution in [0.15, 0.2) is 0 Å². The fourth-order valence-electron chi connectivity index (χ4n) is 2.35. The summed E-state index contributed by atoms with van der Waals surface area (Å²) in [6.07, 6.45) is 0.547. The maximum Gasteiger partial charge on any atom is 0.0829 e. The van der Waals surface area contributed by atoms with Crippen LogP contribution in [-0.2, 0) is 9.47 Å². The maximum atomic E-state index is 5.76. The largest absolute Gasteiger partial charge is 0.374 e. The number of ether oxygens (including phenoxy) is 2. The third-order valence-corrected chi connectivity index (χ3v) is 3.29. The Balaban J connectivity index is 1.75. The lowest BCUT2D eigenvalue weighted by molar-refractivity contribution is -0.0685. The average Bonchev–Trinajstić information content (AvgIpc) is 2.29. The standard InChI is InChI=1S/C11H23N3O2/c1-13-2-4-16-11(7-13)9-14-3-5-15-10(6-12)8-14/h10-11H,2-9,12H2,1H3. The van der Waals surface area contributed by atoms with Gasteiger partial charge in [0.1, 0.15) is 0 Å². The normalized spacial score (nSPS) is 34.1. The predicted octanol–water partition coefficient (Wildman–Crippen LogP) is -1.02. The third kappa shape index (κ3) is 3.40. The number of hydrogen-bond donors (Lipinski definition) is 1. The molecule has 2 atom stereocenters. The fourth-order valence-corrected chi connectivity index (χ4v) is 2.35. The van der Waals surface area contributed by atoms with E-state index in [1.807, 2.05) is 0 Å². The van der Waals surface area contributed by atoms with Gasteiger partial charge in [0.05, 0.1) is 25.4 Å². The first-order chi connectivity index (χ1) is 7.78. The molecule has 0 aromatic heterocycles. The van der Waals surface area contributed by atoms with Crippen molar-refractivity contribution in [3.63, 3.8) is 0 Å². The number of nitrogens with zero attached hydrogens (tertiary/aromatic N) is 2. The molecule has 16 heavy (non-hydrogen) atoms. The molecule has 2 saturated heterocycles. The predicted molar refractivity (Wildman–Crippen MR) is 62.5 cm³/mol. The summed E-state index contributed by atoms with van der Waals surface area (Å²) in [6, 6.07) is 0. The van der Waals surface area contributed by atoms with Crippen molar-refractivity contribution >= 4 is 0 Å². The monoisotopic (exact) mass is 229 g/mol. The van der Waals surface area contributed by atoms with Gasteiger partial charge in [0.15, 0.2) is 0 Å². The van der Waals surface area contributed by atoms with Crippen molar-refractivity contribution in [1.29, 1.82) is 0 Å². The summed E-state index contributed by atoms with van der Waals surface area (Å²) in [5, 5.41) is 0. The van der Waals surface area contributed by atoms with Crippen LogP contribution in [0.5, 0.6) is 0 Å². The highest BCUT2D eigenvalue weighted by Gasteiger charge is 2.24. The molecule has 0 aliphatic carbocycles. The quantitative estimate of drug-likeness (QED) is 0.671. The molecule has 2 unspecified atom stereocenters. The molecular weight excluding hydrogens is 206 g/mol. The van der Waals surface area contributed by atoms with Crippen LogP contribution in [0.25, 0.3) is 0 Å². The Labute approximate surface area is 97.5 Å². The molecule has 2 N–H and O–H groups in total. The van der Waals surface area contributed by atoms with E-state index in [1.165, 1.54) is 0 Å². The SMILES string of the molecule is CN1CCOC(CN2CCOC(CN)C2)C1. The van der Waals surface area contributed by atoms with E-state index in [1.54, 1.807) is 0 Å². The minimum Gasteiger partial charge on any atom is -0.374 e. The molecule has 5 nitrogen and oxygen atoms in total. The minimum atomic E-state index is 0.204. The van der Waals surface area contributed by atoms with E-state index >= 15 is 0 Å². The van der Waals surface area contributed by atoms with Crippen molar-refractivity contribution in [2.75, 3.05) is 59.5 Å². The second-order valence-corrected chi connectivity index (χ2v) is 4.74. The molecule has 2 fully saturated rings. The first kappa shape index (κ1) is 12.3. The second-order valence-electron chi connectivity index (χ2n) is 4.74. The van der Waals surface area contributed by atoms with Crippen LogP contribution in [0.2, 0.25) is 0 Å². The molecule has 0 amide bonds. The van der Waals surface area contributed by atoms with Crippen LogP contribution in [-0.4, -0.2) is 81.5 Å². The van der Waals surface area contributed by atoms with Crippen LogP contribution >= 0.6 is 0 Å². The highest BCUT2D eigenvalue weighted by molar-refractivity contribution is 4.77. The van der Waals surface area contributed by atoms with E-state index in [9.17, 15) is 0 Å². The van der Waals surface area contributed by atoms with Gasteiger partial charge in [-0.25, -0.2) is 0 Å². The van der Waals surface area contributed by atoms with Crippen molar-refractivity contribution in [3.05, 3.63) is 0 Å². The number of rotatable bonds is 3. The summed E-state index contributed by atoms with van der Waals surface area (Å²) in [6.45, 7) is 7.29. The molecule has 0 radical (unpaired) electrons.